The number of nitrogens with one attached hydrogen (secondary N) is 1. The minimum Gasteiger partial charge on any atom is -0.497 e. The van der Waals surface area contributed by atoms with Crippen LogP contribution in [0.5, 0.6) is 5.75 Å². The predicted octanol–water partition coefficient (Wildman–Crippen LogP) is 1.21. The number of benzene rings is 1. The first kappa shape index (κ1) is 12.0. The van der Waals surface area contributed by atoms with Gasteiger partial charge in [-0.05, 0) is 38.1 Å². The van der Waals surface area contributed by atoms with E-state index in [-0.39, 0.29) is 12.1 Å². The highest BCUT2D eigenvalue weighted by Crippen LogP contribution is 2.16. The van der Waals surface area contributed by atoms with Gasteiger partial charge in [0.15, 0.2) is 0 Å². The van der Waals surface area contributed by atoms with Gasteiger partial charge in [0.25, 0.3) is 0 Å². The number of methoxy groups -OCH3 is 1. The summed E-state index contributed by atoms with van der Waals surface area (Å²) >= 11 is 0. The van der Waals surface area contributed by atoms with E-state index in [1.54, 1.807) is 7.11 Å². The average Bonchev–Trinajstić information content (AvgIpc) is 2.30. The molecule has 0 aliphatic carbocycles. The Kier molecular flexibility index (Phi) is 4.12. The lowest BCUT2D eigenvalue weighted by Gasteiger charge is -2.26. The van der Waals surface area contributed by atoms with Gasteiger partial charge >= 0.3 is 0 Å². The van der Waals surface area contributed by atoms with Crippen molar-refractivity contribution in [2.24, 2.45) is 0 Å². The molecule has 0 bridgehead atoms. The average molecular weight is 209 g/mol. The molecule has 3 nitrogen and oxygen atoms in total. The Labute approximate surface area is 91.1 Å². The molecule has 1 rings (SSSR count). The molecule has 0 aliphatic heterocycles. The normalized spacial score (nSPS) is 14.7. The zero-order valence-corrected chi connectivity index (χ0v) is 9.58. The quantitative estimate of drug-likeness (QED) is 0.766. The van der Waals surface area contributed by atoms with Crippen molar-refractivity contribution in [1.82, 2.24) is 5.32 Å². The van der Waals surface area contributed by atoms with Crippen molar-refractivity contribution in [1.29, 1.82) is 0 Å². The molecule has 0 saturated heterocycles. The third kappa shape index (κ3) is 3.22. The Morgan fingerprint density at radius 2 is 1.93 bits per heavy atom. The lowest BCUT2D eigenvalue weighted by molar-refractivity contribution is 0.182. The number of rotatable bonds is 5. The SMILES string of the molecule is CNC(C)(CO)Cc1ccc(OC)cc1. The van der Waals surface area contributed by atoms with Crippen molar-refractivity contribution >= 4 is 0 Å². The fourth-order valence-electron chi connectivity index (χ4n) is 1.42. The molecule has 1 aromatic carbocycles. The second kappa shape index (κ2) is 5.14. The van der Waals surface area contributed by atoms with Gasteiger partial charge in [0.1, 0.15) is 5.75 Å². The van der Waals surface area contributed by atoms with Gasteiger partial charge in [0.05, 0.1) is 13.7 Å². The summed E-state index contributed by atoms with van der Waals surface area (Å²) in [6, 6.07) is 7.90. The van der Waals surface area contributed by atoms with Crippen molar-refractivity contribution in [3.63, 3.8) is 0 Å². The summed E-state index contributed by atoms with van der Waals surface area (Å²) in [5.74, 6) is 0.855. The fourth-order valence-corrected chi connectivity index (χ4v) is 1.42. The van der Waals surface area contributed by atoms with Crippen LogP contribution in [0.4, 0.5) is 0 Å². The first-order valence-electron chi connectivity index (χ1n) is 5.06. The molecule has 0 aromatic heterocycles. The molecule has 0 aliphatic rings. The fraction of sp³-hybridized carbons (Fsp3) is 0.500. The number of likely N-dealkylation sites (N-methyl/N-ethyl adjacent to an activating group) is 1. The third-order valence-electron chi connectivity index (χ3n) is 2.71. The van der Waals surface area contributed by atoms with Crippen LogP contribution in [0.1, 0.15) is 12.5 Å². The maximum atomic E-state index is 9.26. The summed E-state index contributed by atoms with van der Waals surface area (Å²) in [7, 11) is 3.51. The Morgan fingerprint density at radius 3 is 2.33 bits per heavy atom. The van der Waals surface area contributed by atoms with E-state index in [4.69, 9.17) is 4.74 Å². The van der Waals surface area contributed by atoms with Crippen molar-refractivity contribution in [2.75, 3.05) is 20.8 Å². The standard InChI is InChI=1S/C12H19NO2/c1-12(9-14,13-2)8-10-4-6-11(15-3)7-5-10/h4-7,13-14H,8-9H2,1-3H3. The smallest absolute Gasteiger partial charge is 0.118 e. The van der Waals surface area contributed by atoms with Gasteiger partial charge in [0, 0.05) is 5.54 Å². The van der Waals surface area contributed by atoms with Crippen molar-refractivity contribution in [3.8, 4) is 5.75 Å². The van der Waals surface area contributed by atoms with Gasteiger partial charge in [-0.3, -0.25) is 0 Å². The van der Waals surface area contributed by atoms with Gasteiger partial charge in [-0.1, -0.05) is 12.1 Å². The van der Waals surface area contributed by atoms with Gasteiger partial charge in [0.2, 0.25) is 0 Å². The third-order valence-corrected chi connectivity index (χ3v) is 2.71. The van der Waals surface area contributed by atoms with Crippen LogP contribution >= 0.6 is 0 Å². The van der Waals surface area contributed by atoms with Crippen molar-refractivity contribution < 1.29 is 9.84 Å². The number of ether oxygens (including phenoxy) is 1. The Balaban J connectivity index is 2.71. The van der Waals surface area contributed by atoms with Crippen LogP contribution in [-0.4, -0.2) is 31.4 Å². The van der Waals surface area contributed by atoms with E-state index in [9.17, 15) is 5.11 Å². The van der Waals surface area contributed by atoms with E-state index in [0.29, 0.717) is 0 Å². The molecule has 0 amide bonds. The molecular weight excluding hydrogens is 190 g/mol. The van der Waals surface area contributed by atoms with E-state index in [1.165, 1.54) is 5.56 Å². The maximum absolute atomic E-state index is 9.26. The van der Waals surface area contributed by atoms with E-state index >= 15 is 0 Å². The molecule has 2 N–H and O–H groups in total. The summed E-state index contributed by atoms with van der Waals surface area (Å²) in [5, 5.41) is 12.4. The lowest BCUT2D eigenvalue weighted by atomic mass is 9.94. The van der Waals surface area contributed by atoms with Crippen LogP contribution in [0.2, 0.25) is 0 Å². The lowest BCUT2D eigenvalue weighted by Crippen LogP contribution is -2.45. The van der Waals surface area contributed by atoms with Crippen LogP contribution in [0.25, 0.3) is 0 Å². The van der Waals surface area contributed by atoms with E-state index in [2.05, 4.69) is 5.32 Å². The maximum Gasteiger partial charge on any atom is 0.118 e. The van der Waals surface area contributed by atoms with Gasteiger partial charge < -0.3 is 15.2 Å². The Morgan fingerprint density at radius 1 is 1.33 bits per heavy atom. The summed E-state index contributed by atoms with van der Waals surface area (Å²) in [6.07, 6.45) is 0.796. The zero-order valence-electron chi connectivity index (χ0n) is 9.58. The Hall–Kier alpha value is -1.06. The second-order valence-electron chi connectivity index (χ2n) is 3.99. The van der Waals surface area contributed by atoms with E-state index in [1.807, 2.05) is 38.2 Å². The van der Waals surface area contributed by atoms with Gasteiger partial charge in [-0.25, -0.2) is 0 Å². The minimum absolute atomic E-state index is 0.121. The molecule has 0 heterocycles. The van der Waals surface area contributed by atoms with Crippen LogP contribution in [0.15, 0.2) is 24.3 Å². The number of aliphatic hydroxyl groups is 1. The number of hydrogen-bond acceptors (Lipinski definition) is 3. The largest absolute Gasteiger partial charge is 0.497 e. The Bertz CT molecular complexity index is 291. The molecule has 0 radical (unpaired) electrons. The molecule has 1 aromatic rings. The monoisotopic (exact) mass is 209 g/mol. The molecule has 0 fully saturated rings. The summed E-state index contributed by atoms with van der Waals surface area (Å²) < 4.78 is 5.09. The molecule has 0 spiro atoms. The molecule has 1 atom stereocenters. The van der Waals surface area contributed by atoms with Crippen molar-refractivity contribution in [3.05, 3.63) is 29.8 Å². The summed E-state index contributed by atoms with van der Waals surface area (Å²) in [6.45, 7) is 2.12. The molecule has 84 valence electrons. The second-order valence-corrected chi connectivity index (χ2v) is 3.99. The highest BCUT2D eigenvalue weighted by atomic mass is 16.5. The molecule has 0 saturated carbocycles. The van der Waals surface area contributed by atoms with Crippen LogP contribution < -0.4 is 10.1 Å². The first-order chi connectivity index (χ1) is 7.13. The number of hydrogen-bond donors (Lipinski definition) is 2. The van der Waals surface area contributed by atoms with Gasteiger partial charge in [-0.2, -0.15) is 0 Å². The summed E-state index contributed by atoms with van der Waals surface area (Å²) in [5.41, 5.74) is 0.927. The van der Waals surface area contributed by atoms with Crippen LogP contribution in [-0.2, 0) is 6.42 Å². The zero-order chi connectivity index (χ0) is 11.3. The molecular formula is C12H19NO2. The first-order valence-corrected chi connectivity index (χ1v) is 5.06. The highest BCUT2D eigenvalue weighted by Gasteiger charge is 2.20. The van der Waals surface area contributed by atoms with Crippen LogP contribution in [0.3, 0.4) is 0 Å². The molecule has 3 heteroatoms. The molecule has 15 heavy (non-hydrogen) atoms. The molecule has 1 unspecified atom stereocenters. The van der Waals surface area contributed by atoms with E-state index in [0.717, 1.165) is 12.2 Å². The highest BCUT2D eigenvalue weighted by molar-refractivity contribution is 5.28. The van der Waals surface area contributed by atoms with Crippen molar-refractivity contribution in [2.45, 2.75) is 18.9 Å². The number of aliphatic hydroxyl groups excluding tert-OH is 1. The summed E-state index contributed by atoms with van der Waals surface area (Å²) in [4.78, 5) is 0. The predicted molar refractivity (Wildman–Crippen MR) is 61.2 cm³/mol. The van der Waals surface area contributed by atoms with Gasteiger partial charge in [-0.15, -0.1) is 0 Å². The van der Waals surface area contributed by atoms with Crippen LogP contribution in [0, 0.1) is 0 Å². The topological polar surface area (TPSA) is 41.5 Å². The minimum atomic E-state index is -0.255. The van der Waals surface area contributed by atoms with E-state index < -0.39 is 0 Å².